The molecule has 3 heteroatoms. The van der Waals surface area contributed by atoms with Gasteiger partial charge in [0.2, 0.25) is 0 Å². The Hall–Kier alpha value is -1.77. The predicted molar refractivity (Wildman–Crippen MR) is 75.2 cm³/mol. The van der Waals surface area contributed by atoms with Crippen LogP contribution in [0.15, 0.2) is 30.3 Å². The first kappa shape index (κ1) is 13.7. The molecule has 0 saturated heterocycles. The summed E-state index contributed by atoms with van der Waals surface area (Å²) in [5, 5.41) is 8.60. The Bertz CT molecular complexity index is 445. The second-order valence-corrected chi connectivity index (χ2v) is 5.06. The fraction of sp³-hybridized carbons (Fsp3) is 0.438. The minimum absolute atomic E-state index is 0.673. The van der Waals surface area contributed by atoms with Crippen LogP contribution in [-0.2, 0) is 4.79 Å². The molecule has 0 unspecified atom stereocenters. The van der Waals surface area contributed by atoms with Crippen molar-refractivity contribution in [3.8, 4) is 5.75 Å². The van der Waals surface area contributed by atoms with E-state index in [0.29, 0.717) is 5.92 Å². The summed E-state index contributed by atoms with van der Waals surface area (Å²) in [7, 11) is 0. The second kappa shape index (κ2) is 6.98. The van der Waals surface area contributed by atoms with Gasteiger partial charge in [0.05, 0.1) is 6.61 Å². The number of aliphatic carboxylic acids is 1. The highest BCUT2D eigenvalue weighted by atomic mass is 16.5. The molecule has 1 aromatic carbocycles. The van der Waals surface area contributed by atoms with Crippen LogP contribution in [0.1, 0.15) is 37.7 Å². The van der Waals surface area contributed by atoms with Gasteiger partial charge in [-0.3, -0.25) is 0 Å². The van der Waals surface area contributed by atoms with Gasteiger partial charge in [0.1, 0.15) is 5.75 Å². The van der Waals surface area contributed by atoms with E-state index < -0.39 is 5.97 Å². The molecule has 102 valence electrons. The minimum atomic E-state index is -0.937. The summed E-state index contributed by atoms with van der Waals surface area (Å²) in [5.74, 6) is 0.554. The standard InChI is InChI=1S/C16H20O3/c17-16(18)10-9-13-7-4-8-15(11-13)19-12-14-5-2-1-3-6-14/h4,7-11,14H,1-3,5-6,12H2,(H,17,18)/b10-9+. The van der Waals surface area contributed by atoms with Crippen LogP contribution in [-0.4, -0.2) is 17.7 Å². The molecule has 1 aliphatic rings. The molecule has 2 rings (SSSR count). The molecular weight excluding hydrogens is 240 g/mol. The van der Waals surface area contributed by atoms with Crippen LogP contribution in [0, 0.1) is 5.92 Å². The third kappa shape index (κ3) is 4.78. The third-order valence-electron chi connectivity index (χ3n) is 3.49. The number of benzene rings is 1. The van der Waals surface area contributed by atoms with Crippen molar-refractivity contribution in [1.82, 2.24) is 0 Å². The molecule has 3 nitrogen and oxygen atoms in total. The van der Waals surface area contributed by atoms with Crippen molar-refractivity contribution in [3.63, 3.8) is 0 Å². The molecule has 0 aromatic heterocycles. The summed E-state index contributed by atoms with van der Waals surface area (Å²) in [5.41, 5.74) is 0.851. The van der Waals surface area contributed by atoms with Gasteiger partial charge in [-0.05, 0) is 42.5 Å². The topological polar surface area (TPSA) is 46.5 Å². The molecule has 19 heavy (non-hydrogen) atoms. The molecule has 0 radical (unpaired) electrons. The summed E-state index contributed by atoms with van der Waals surface area (Å²) in [6.07, 6.45) is 9.23. The van der Waals surface area contributed by atoms with Crippen LogP contribution < -0.4 is 4.74 Å². The lowest BCUT2D eigenvalue weighted by Crippen LogP contribution is -2.15. The number of carboxylic acids is 1. The Labute approximate surface area is 113 Å². The average molecular weight is 260 g/mol. The van der Waals surface area contributed by atoms with Gasteiger partial charge >= 0.3 is 5.97 Å². The van der Waals surface area contributed by atoms with Crippen molar-refractivity contribution < 1.29 is 14.6 Å². The van der Waals surface area contributed by atoms with E-state index >= 15 is 0 Å². The van der Waals surface area contributed by atoms with Gasteiger partial charge in [-0.1, -0.05) is 31.4 Å². The first-order chi connectivity index (χ1) is 9.24. The van der Waals surface area contributed by atoms with E-state index in [-0.39, 0.29) is 0 Å². The first-order valence-electron chi connectivity index (χ1n) is 6.88. The predicted octanol–water partition coefficient (Wildman–Crippen LogP) is 3.74. The number of rotatable bonds is 5. The van der Waals surface area contributed by atoms with Crippen molar-refractivity contribution in [2.45, 2.75) is 32.1 Å². The van der Waals surface area contributed by atoms with Gasteiger partial charge in [0.25, 0.3) is 0 Å². The number of hydrogen-bond donors (Lipinski definition) is 1. The maximum atomic E-state index is 10.5. The molecule has 0 amide bonds. The average Bonchev–Trinajstić information content (AvgIpc) is 2.44. The van der Waals surface area contributed by atoms with Gasteiger partial charge in [-0.2, -0.15) is 0 Å². The molecule has 1 saturated carbocycles. The molecule has 1 aromatic rings. The highest BCUT2D eigenvalue weighted by Crippen LogP contribution is 2.25. The SMILES string of the molecule is O=C(O)/C=C/c1cccc(OCC2CCCCC2)c1. The number of carboxylic acid groups (broad SMARTS) is 1. The highest BCUT2D eigenvalue weighted by molar-refractivity contribution is 5.85. The molecule has 0 bridgehead atoms. The van der Waals surface area contributed by atoms with E-state index in [9.17, 15) is 4.79 Å². The zero-order valence-corrected chi connectivity index (χ0v) is 11.0. The van der Waals surface area contributed by atoms with E-state index in [0.717, 1.165) is 24.0 Å². The Morgan fingerprint density at radius 3 is 2.84 bits per heavy atom. The van der Waals surface area contributed by atoms with Gasteiger partial charge in [0, 0.05) is 6.08 Å². The van der Waals surface area contributed by atoms with Crippen molar-refractivity contribution in [3.05, 3.63) is 35.9 Å². The zero-order valence-electron chi connectivity index (χ0n) is 11.0. The molecule has 0 spiro atoms. The van der Waals surface area contributed by atoms with Crippen LogP contribution >= 0.6 is 0 Å². The molecule has 1 fully saturated rings. The van der Waals surface area contributed by atoms with Crippen LogP contribution in [0.4, 0.5) is 0 Å². The smallest absolute Gasteiger partial charge is 0.328 e. The molecule has 0 aliphatic heterocycles. The van der Waals surface area contributed by atoms with Crippen molar-refractivity contribution >= 4 is 12.0 Å². The second-order valence-electron chi connectivity index (χ2n) is 5.06. The Kier molecular flexibility index (Phi) is 5.01. The van der Waals surface area contributed by atoms with Crippen LogP contribution in [0.3, 0.4) is 0 Å². The van der Waals surface area contributed by atoms with E-state index in [2.05, 4.69) is 0 Å². The maximum Gasteiger partial charge on any atom is 0.328 e. The van der Waals surface area contributed by atoms with Crippen molar-refractivity contribution in [1.29, 1.82) is 0 Å². The molecular formula is C16H20O3. The molecule has 0 atom stereocenters. The van der Waals surface area contributed by atoms with E-state index in [1.165, 1.54) is 32.1 Å². The molecule has 1 aliphatic carbocycles. The lowest BCUT2D eigenvalue weighted by molar-refractivity contribution is -0.131. The number of hydrogen-bond acceptors (Lipinski definition) is 2. The van der Waals surface area contributed by atoms with Crippen LogP contribution in [0.2, 0.25) is 0 Å². The first-order valence-corrected chi connectivity index (χ1v) is 6.88. The summed E-state index contributed by atoms with van der Waals surface area (Å²) in [4.78, 5) is 10.5. The Balaban J connectivity index is 1.89. The van der Waals surface area contributed by atoms with Gasteiger partial charge in [0.15, 0.2) is 0 Å². The fourth-order valence-corrected chi connectivity index (χ4v) is 2.44. The summed E-state index contributed by atoms with van der Waals surface area (Å²) >= 11 is 0. The number of carbonyl (C=O) groups is 1. The molecule has 0 heterocycles. The highest BCUT2D eigenvalue weighted by Gasteiger charge is 2.13. The maximum absolute atomic E-state index is 10.5. The van der Waals surface area contributed by atoms with Gasteiger partial charge in [-0.25, -0.2) is 4.79 Å². The molecule has 1 N–H and O–H groups in total. The van der Waals surface area contributed by atoms with E-state index in [4.69, 9.17) is 9.84 Å². The van der Waals surface area contributed by atoms with Crippen molar-refractivity contribution in [2.75, 3.05) is 6.61 Å². The van der Waals surface area contributed by atoms with Crippen LogP contribution in [0.25, 0.3) is 6.08 Å². The Morgan fingerprint density at radius 1 is 1.32 bits per heavy atom. The third-order valence-corrected chi connectivity index (χ3v) is 3.49. The normalized spacial score (nSPS) is 16.6. The minimum Gasteiger partial charge on any atom is -0.493 e. The summed E-state index contributed by atoms with van der Waals surface area (Å²) in [6.45, 7) is 0.770. The van der Waals surface area contributed by atoms with E-state index in [1.54, 1.807) is 6.08 Å². The van der Waals surface area contributed by atoms with E-state index in [1.807, 2.05) is 24.3 Å². The zero-order chi connectivity index (χ0) is 13.5. The van der Waals surface area contributed by atoms with Gasteiger partial charge in [-0.15, -0.1) is 0 Å². The van der Waals surface area contributed by atoms with Crippen molar-refractivity contribution in [2.24, 2.45) is 5.92 Å². The quantitative estimate of drug-likeness (QED) is 0.820. The lowest BCUT2D eigenvalue weighted by Gasteiger charge is -2.21. The summed E-state index contributed by atoms with van der Waals surface area (Å²) in [6, 6.07) is 7.55. The van der Waals surface area contributed by atoms with Gasteiger partial charge < -0.3 is 9.84 Å². The Morgan fingerprint density at radius 2 is 2.11 bits per heavy atom. The fourth-order valence-electron chi connectivity index (χ4n) is 2.44. The largest absolute Gasteiger partial charge is 0.493 e. The van der Waals surface area contributed by atoms with Crippen LogP contribution in [0.5, 0.6) is 5.75 Å². The monoisotopic (exact) mass is 260 g/mol. The number of ether oxygens (including phenoxy) is 1. The lowest BCUT2D eigenvalue weighted by atomic mass is 9.90. The summed E-state index contributed by atoms with van der Waals surface area (Å²) < 4.78 is 5.81.